The minimum Gasteiger partial charge on any atom is -0.337 e. The Morgan fingerprint density at radius 1 is 1.32 bits per heavy atom. The summed E-state index contributed by atoms with van der Waals surface area (Å²) in [4.78, 5) is 14.0. The standard InChI is InChI=1S/C14H17NO3S/c1-10-2-4-11(5-3-10)6-14(16)15-8-13-7-12(15)9-19(13,17)18/h2-5,12-13H,6-9H2,1H3. The van der Waals surface area contributed by atoms with E-state index in [2.05, 4.69) is 0 Å². The molecule has 2 aliphatic heterocycles. The van der Waals surface area contributed by atoms with E-state index in [1.807, 2.05) is 31.2 Å². The number of carbonyl (C=O) groups excluding carboxylic acids is 1. The van der Waals surface area contributed by atoms with Gasteiger partial charge in [0.2, 0.25) is 5.91 Å². The quantitative estimate of drug-likeness (QED) is 0.809. The third kappa shape index (κ3) is 2.27. The summed E-state index contributed by atoms with van der Waals surface area (Å²) < 4.78 is 23.3. The maximum Gasteiger partial charge on any atom is 0.227 e. The van der Waals surface area contributed by atoms with Crippen LogP contribution in [0.25, 0.3) is 0 Å². The molecule has 102 valence electrons. The first-order valence-corrected chi connectivity index (χ1v) is 8.24. The van der Waals surface area contributed by atoms with Crippen molar-refractivity contribution in [1.82, 2.24) is 4.90 Å². The number of likely N-dealkylation sites (tertiary alicyclic amines) is 1. The molecule has 0 radical (unpaired) electrons. The van der Waals surface area contributed by atoms with Crippen LogP contribution in [-0.4, -0.2) is 42.8 Å². The first-order chi connectivity index (χ1) is 8.95. The molecule has 2 atom stereocenters. The highest BCUT2D eigenvalue weighted by molar-refractivity contribution is 7.92. The second kappa shape index (κ2) is 4.34. The lowest BCUT2D eigenvalue weighted by Crippen LogP contribution is -2.44. The van der Waals surface area contributed by atoms with Crippen molar-refractivity contribution in [2.75, 3.05) is 12.3 Å². The third-order valence-electron chi connectivity index (χ3n) is 4.10. The van der Waals surface area contributed by atoms with Crippen LogP contribution in [-0.2, 0) is 21.1 Å². The fourth-order valence-corrected chi connectivity index (χ4v) is 5.01. The number of nitrogens with zero attached hydrogens (tertiary/aromatic N) is 1. The summed E-state index contributed by atoms with van der Waals surface area (Å²) in [5, 5.41) is -0.320. The molecule has 0 saturated carbocycles. The van der Waals surface area contributed by atoms with Gasteiger partial charge < -0.3 is 4.90 Å². The average molecular weight is 279 g/mol. The van der Waals surface area contributed by atoms with Gasteiger partial charge in [0.25, 0.3) is 0 Å². The van der Waals surface area contributed by atoms with E-state index in [1.165, 1.54) is 5.56 Å². The van der Waals surface area contributed by atoms with Gasteiger partial charge in [0, 0.05) is 12.6 Å². The Kier molecular flexibility index (Phi) is 2.89. The Labute approximate surface area is 113 Å². The molecule has 0 spiro atoms. The Morgan fingerprint density at radius 2 is 2.00 bits per heavy atom. The van der Waals surface area contributed by atoms with Gasteiger partial charge in [-0.25, -0.2) is 8.42 Å². The van der Waals surface area contributed by atoms with E-state index < -0.39 is 9.84 Å². The van der Waals surface area contributed by atoms with Gasteiger partial charge in [0.15, 0.2) is 9.84 Å². The second-order valence-corrected chi connectivity index (χ2v) is 7.88. The number of fused-ring (bicyclic) bond motifs is 2. The van der Waals surface area contributed by atoms with Crippen LogP contribution in [0, 0.1) is 6.92 Å². The van der Waals surface area contributed by atoms with E-state index in [4.69, 9.17) is 0 Å². The fraction of sp³-hybridized carbons (Fsp3) is 0.500. The van der Waals surface area contributed by atoms with Crippen LogP contribution in [0.2, 0.25) is 0 Å². The number of amides is 1. The van der Waals surface area contributed by atoms with Crippen molar-refractivity contribution < 1.29 is 13.2 Å². The zero-order valence-electron chi connectivity index (χ0n) is 10.9. The zero-order valence-corrected chi connectivity index (χ0v) is 11.7. The smallest absolute Gasteiger partial charge is 0.227 e. The lowest BCUT2D eigenvalue weighted by Gasteiger charge is -2.27. The molecule has 5 heteroatoms. The Balaban J connectivity index is 1.69. The summed E-state index contributed by atoms with van der Waals surface area (Å²) in [6.45, 7) is 2.40. The van der Waals surface area contributed by atoms with Gasteiger partial charge in [-0.1, -0.05) is 29.8 Å². The third-order valence-corrected chi connectivity index (χ3v) is 6.31. The summed E-state index contributed by atoms with van der Waals surface area (Å²) in [6.07, 6.45) is 0.992. The van der Waals surface area contributed by atoms with Crippen molar-refractivity contribution in [3.05, 3.63) is 35.4 Å². The molecule has 2 fully saturated rings. The van der Waals surface area contributed by atoms with Crippen LogP contribution < -0.4 is 0 Å². The van der Waals surface area contributed by atoms with Crippen molar-refractivity contribution in [2.24, 2.45) is 0 Å². The lowest BCUT2D eigenvalue weighted by molar-refractivity contribution is -0.131. The average Bonchev–Trinajstić information content (AvgIpc) is 2.87. The van der Waals surface area contributed by atoms with Gasteiger partial charge in [-0.2, -0.15) is 0 Å². The van der Waals surface area contributed by atoms with Crippen LogP contribution in [0.3, 0.4) is 0 Å². The first kappa shape index (κ1) is 12.7. The van der Waals surface area contributed by atoms with Crippen LogP contribution >= 0.6 is 0 Å². The van der Waals surface area contributed by atoms with Gasteiger partial charge in [0.1, 0.15) is 0 Å². The topological polar surface area (TPSA) is 54.5 Å². The van der Waals surface area contributed by atoms with Gasteiger partial charge >= 0.3 is 0 Å². The molecule has 0 N–H and O–H groups in total. The largest absolute Gasteiger partial charge is 0.337 e. The number of hydrogen-bond acceptors (Lipinski definition) is 3. The van der Waals surface area contributed by atoms with E-state index in [0.29, 0.717) is 19.4 Å². The highest BCUT2D eigenvalue weighted by Crippen LogP contribution is 2.33. The van der Waals surface area contributed by atoms with Gasteiger partial charge in [-0.15, -0.1) is 0 Å². The predicted octanol–water partition coefficient (Wildman–Crippen LogP) is 0.935. The normalized spacial score (nSPS) is 27.7. The molecule has 0 aliphatic carbocycles. The van der Waals surface area contributed by atoms with Crippen LogP contribution in [0.5, 0.6) is 0 Å². The first-order valence-electron chi connectivity index (χ1n) is 6.52. The fourth-order valence-electron chi connectivity index (χ4n) is 2.98. The minimum absolute atomic E-state index is 0.0475. The molecular weight excluding hydrogens is 262 g/mol. The number of rotatable bonds is 2. The summed E-state index contributed by atoms with van der Waals surface area (Å²) in [5.74, 6) is 0.198. The van der Waals surface area contributed by atoms with Crippen molar-refractivity contribution >= 4 is 15.7 Å². The van der Waals surface area contributed by atoms with E-state index in [-0.39, 0.29) is 23.0 Å². The number of aryl methyl sites for hydroxylation is 1. The van der Waals surface area contributed by atoms with Crippen molar-refractivity contribution in [2.45, 2.75) is 31.1 Å². The highest BCUT2D eigenvalue weighted by atomic mass is 32.2. The summed E-state index contributed by atoms with van der Waals surface area (Å²) in [5.41, 5.74) is 2.16. The Hall–Kier alpha value is -1.36. The molecule has 4 nitrogen and oxygen atoms in total. The van der Waals surface area contributed by atoms with Gasteiger partial charge in [0.05, 0.1) is 17.4 Å². The molecule has 1 aromatic rings. The molecule has 19 heavy (non-hydrogen) atoms. The predicted molar refractivity (Wildman–Crippen MR) is 72.6 cm³/mol. The molecule has 1 aromatic carbocycles. The summed E-state index contributed by atoms with van der Waals surface area (Å²) >= 11 is 0. The molecule has 2 saturated heterocycles. The van der Waals surface area contributed by atoms with Crippen molar-refractivity contribution in [1.29, 1.82) is 0 Å². The molecular formula is C14H17NO3S. The monoisotopic (exact) mass is 279 g/mol. The summed E-state index contributed by atoms with van der Waals surface area (Å²) in [6, 6.07) is 7.80. The molecule has 0 aromatic heterocycles. The van der Waals surface area contributed by atoms with E-state index in [9.17, 15) is 13.2 Å². The molecule has 2 bridgehead atoms. The Bertz CT molecular complexity index is 606. The number of hydrogen-bond donors (Lipinski definition) is 0. The molecule has 2 heterocycles. The minimum atomic E-state index is -2.93. The maximum absolute atomic E-state index is 12.2. The van der Waals surface area contributed by atoms with Gasteiger partial charge in [-0.3, -0.25) is 4.79 Å². The maximum atomic E-state index is 12.2. The molecule has 3 rings (SSSR count). The van der Waals surface area contributed by atoms with Crippen LogP contribution in [0.1, 0.15) is 17.5 Å². The van der Waals surface area contributed by atoms with Crippen molar-refractivity contribution in [3.63, 3.8) is 0 Å². The number of benzene rings is 1. The molecule has 2 aliphatic rings. The van der Waals surface area contributed by atoms with Crippen molar-refractivity contribution in [3.8, 4) is 0 Å². The SMILES string of the molecule is Cc1ccc(CC(=O)N2CC3CC2CS3(=O)=O)cc1. The highest BCUT2D eigenvalue weighted by Gasteiger charge is 2.49. The lowest BCUT2D eigenvalue weighted by atomic mass is 10.1. The number of carbonyl (C=O) groups is 1. The Morgan fingerprint density at radius 3 is 2.53 bits per heavy atom. The zero-order chi connectivity index (χ0) is 13.6. The van der Waals surface area contributed by atoms with E-state index in [0.717, 1.165) is 5.56 Å². The van der Waals surface area contributed by atoms with E-state index in [1.54, 1.807) is 4.90 Å². The summed E-state index contributed by atoms with van der Waals surface area (Å²) in [7, 11) is -2.93. The second-order valence-electron chi connectivity index (χ2n) is 5.55. The molecule has 2 unspecified atom stereocenters. The van der Waals surface area contributed by atoms with Crippen LogP contribution in [0.15, 0.2) is 24.3 Å². The molecule has 1 amide bonds. The van der Waals surface area contributed by atoms with E-state index >= 15 is 0 Å². The van der Waals surface area contributed by atoms with Gasteiger partial charge in [-0.05, 0) is 18.9 Å². The number of sulfone groups is 1. The van der Waals surface area contributed by atoms with Crippen LogP contribution in [0.4, 0.5) is 0 Å².